The summed E-state index contributed by atoms with van der Waals surface area (Å²) in [7, 11) is -2.13. The number of nitrogens with zero attached hydrogens (tertiary/aromatic N) is 1. The second kappa shape index (κ2) is 5.41. The summed E-state index contributed by atoms with van der Waals surface area (Å²) < 4.78 is 27.3. The van der Waals surface area contributed by atoms with Crippen molar-refractivity contribution in [1.29, 1.82) is 0 Å². The van der Waals surface area contributed by atoms with Gasteiger partial charge in [-0.05, 0) is 16.5 Å². The van der Waals surface area contributed by atoms with E-state index in [2.05, 4.69) is 6.58 Å². The van der Waals surface area contributed by atoms with Crippen molar-refractivity contribution >= 4 is 44.9 Å². The van der Waals surface area contributed by atoms with Crippen LogP contribution in [0.4, 0.5) is 0 Å². The summed E-state index contributed by atoms with van der Waals surface area (Å²) in [4.78, 5) is 0. The molecule has 0 aliphatic carbocycles. The fourth-order valence-electron chi connectivity index (χ4n) is 1.06. The molecule has 0 aromatic heterocycles. The summed E-state index contributed by atoms with van der Waals surface area (Å²) in [6.45, 7) is 4.56. The first kappa shape index (κ1) is 12.7. The number of rotatable bonds is 2. The van der Waals surface area contributed by atoms with Crippen LogP contribution in [0.3, 0.4) is 0 Å². The molecule has 0 aromatic rings. The summed E-state index contributed by atoms with van der Waals surface area (Å²) in [6, 6.07) is 0. The van der Waals surface area contributed by atoms with Crippen molar-refractivity contribution in [1.82, 2.24) is 4.31 Å². The van der Waals surface area contributed by atoms with Crippen LogP contribution in [0.2, 0.25) is 0 Å². The molecule has 7 heteroatoms. The van der Waals surface area contributed by atoms with Gasteiger partial charge in [0.1, 0.15) is 0 Å². The Balaban J connectivity index is 0.00000121. The van der Waals surface area contributed by atoms with Gasteiger partial charge in [0.15, 0.2) is 0 Å². The molecule has 12 heavy (non-hydrogen) atoms. The molecule has 1 rings (SSSR count). The molecule has 0 saturated carbocycles. The van der Waals surface area contributed by atoms with Gasteiger partial charge >= 0.3 is 34.0 Å². The quantitative estimate of drug-likeness (QED) is 0.309. The Morgan fingerprint density at radius 2 is 2.25 bits per heavy atom. The van der Waals surface area contributed by atoms with Crippen LogP contribution in [-0.4, -0.2) is 57.5 Å². The average Bonchev–Trinajstić information content (AvgIpc) is 2.31. The Hall–Kier alpha value is 0.675. The number of hydrogen-bond acceptors (Lipinski definition) is 4. The molecule has 1 heterocycles. The predicted octanol–water partition coefficient (Wildman–Crippen LogP) is -1.90. The molecule has 66 valence electrons. The van der Waals surface area contributed by atoms with E-state index >= 15 is 0 Å². The van der Waals surface area contributed by atoms with Crippen LogP contribution in [0.15, 0.2) is 12.2 Å². The predicted molar refractivity (Wildman–Crippen MR) is 51.4 cm³/mol. The molecule has 0 spiro atoms. The maximum absolute atomic E-state index is 10.4. The molecule has 1 atom stereocenters. The van der Waals surface area contributed by atoms with Crippen LogP contribution >= 0.6 is 0 Å². The van der Waals surface area contributed by atoms with Crippen molar-refractivity contribution in [2.45, 2.75) is 6.10 Å². The van der Waals surface area contributed by atoms with E-state index in [1.807, 2.05) is 0 Å². The van der Waals surface area contributed by atoms with Gasteiger partial charge in [0.25, 0.3) is 0 Å². The van der Waals surface area contributed by atoms with Gasteiger partial charge in [0.05, 0.1) is 6.10 Å². The molecule has 0 amide bonds. The molecule has 1 saturated heterocycles. The van der Waals surface area contributed by atoms with Gasteiger partial charge in [-0.25, -0.2) is 0 Å². The topological polar surface area (TPSA) is 46.6 Å². The van der Waals surface area contributed by atoms with Crippen LogP contribution < -0.4 is 0 Å². The molecule has 0 radical (unpaired) electrons. The number of hydrogen-bond donors (Lipinski definition) is 0. The van der Waals surface area contributed by atoms with E-state index in [0.29, 0.717) is 29.7 Å². The Morgan fingerprint density at radius 3 is 2.50 bits per heavy atom. The molecule has 0 aromatic carbocycles. The maximum atomic E-state index is 10.4. The van der Waals surface area contributed by atoms with Crippen molar-refractivity contribution in [3.63, 3.8) is 0 Å². The molecule has 1 fully saturated rings. The van der Waals surface area contributed by atoms with Crippen molar-refractivity contribution < 1.29 is 12.2 Å². The van der Waals surface area contributed by atoms with Crippen molar-refractivity contribution in [3.8, 4) is 0 Å². The van der Waals surface area contributed by atoms with Crippen molar-refractivity contribution in [2.75, 3.05) is 13.1 Å². The Morgan fingerprint density at radius 1 is 1.67 bits per heavy atom. The minimum absolute atomic E-state index is 0. The molecule has 1 aliphatic rings. The molecular formula is C5H11Al2NO3S. The molecule has 0 bridgehead atoms. The van der Waals surface area contributed by atoms with E-state index < -0.39 is 10.9 Å². The SMILES string of the molecule is C=C1CN([S-](=O)=O)C[C@@H]1[O][AlH2].[AlH2+]. The van der Waals surface area contributed by atoms with E-state index in [1.54, 1.807) is 0 Å². The van der Waals surface area contributed by atoms with Crippen LogP contribution in [0.1, 0.15) is 0 Å². The van der Waals surface area contributed by atoms with Crippen LogP contribution in [0.25, 0.3) is 0 Å². The Kier molecular flexibility index (Phi) is 5.72. The van der Waals surface area contributed by atoms with E-state index in [0.717, 1.165) is 5.57 Å². The molecular weight excluding hydrogens is 208 g/mol. The van der Waals surface area contributed by atoms with Crippen LogP contribution in [-0.2, 0) is 23.1 Å². The van der Waals surface area contributed by atoms with Crippen LogP contribution in [0.5, 0.6) is 0 Å². The van der Waals surface area contributed by atoms with Gasteiger partial charge in [0, 0.05) is 13.1 Å². The fraction of sp³-hybridized carbons (Fsp3) is 0.600. The van der Waals surface area contributed by atoms with E-state index in [4.69, 9.17) is 3.79 Å². The normalized spacial score (nSPS) is 24.4. The summed E-state index contributed by atoms with van der Waals surface area (Å²) in [5.41, 5.74) is 0.851. The third kappa shape index (κ3) is 2.87. The third-order valence-corrected chi connectivity index (χ3v) is 2.97. The molecule has 4 nitrogen and oxygen atoms in total. The summed E-state index contributed by atoms with van der Waals surface area (Å²) in [5.74, 6) is 0. The first-order valence-corrected chi connectivity index (χ1v) is 5.04. The summed E-state index contributed by atoms with van der Waals surface area (Å²) >= 11 is 0.618. The summed E-state index contributed by atoms with van der Waals surface area (Å²) in [6.07, 6.45) is -0.0698. The summed E-state index contributed by atoms with van der Waals surface area (Å²) in [5, 5.41) is 0. The van der Waals surface area contributed by atoms with E-state index in [-0.39, 0.29) is 23.5 Å². The third-order valence-electron chi connectivity index (χ3n) is 1.70. The van der Waals surface area contributed by atoms with Crippen molar-refractivity contribution in [2.24, 2.45) is 0 Å². The zero-order chi connectivity index (χ0) is 8.43. The van der Waals surface area contributed by atoms with Gasteiger partial charge in [-0.1, -0.05) is 6.58 Å². The first-order chi connectivity index (χ1) is 5.15. The fourth-order valence-corrected chi connectivity index (χ4v) is 2.07. The van der Waals surface area contributed by atoms with Gasteiger partial charge in [-0.3, -0.25) is 0 Å². The van der Waals surface area contributed by atoms with Gasteiger partial charge in [-0.15, -0.1) is 0 Å². The second-order valence-electron chi connectivity index (χ2n) is 2.42. The van der Waals surface area contributed by atoms with Gasteiger partial charge in [0.2, 0.25) is 0 Å². The van der Waals surface area contributed by atoms with Gasteiger partial charge in [-0.2, -0.15) is 0 Å². The zero-order valence-corrected chi connectivity index (χ0v) is 12.1. The average molecular weight is 219 g/mol. The van der Waals surface area contributed by atoms with Crippen LogP contribution in [0, 0.1) is 0 Å². The first-order valence-electron chi connectivity index (χ1n) is 3.20. The second-order valence-corrected chi connectivity index (χ2v) is 3.84. The zero-order valence-electron chi connectivity index (χ0n) is 7.28. The van der Waals surface area contributed by atoms with Gasteiger partial charge < -0.3 is 16.5 Å². The van der Waals surface area contributed by atoms with Crippen molar-refractivity contribution in [3.05, 3.63) is 12.2 Å². The van der Waals surface area contributed by atoms with E-state index in [1.165, 1.54) is 4.31 Å². The minimum atomic E-state index is -2.13. The molecule has 1 aliphatic heterocycles. The Labute approximate surface area is 92.5 Å². The molecule has 0 unspecified atom stereocenters. The Bertz CT molecular complexity index is 235. The molecule has 0 N–H and O–H groups in total. The monoisotopic (exact) mass is 219 g/mol. The van der Waals surface area contributed by atoms with E-state index in [9.17, 15) is 8.42 Å². The standard InChI is InChI=1S/C5H7NO3S.2Al.4H/c1-4-2-6(10(8)9)3-5(4)7;;;;;;/h5H,1-3H2;;;;;;/q-2;2*+1;;;;/t5-;;;;;;/m0....../s1.